The van der Waals surface area contributed by atoms with Crippen LogP contribution < -0.4 is 10.2 Å². The van der Waals surface area contributed by atoms with Gasteiger partial charge >= 0.3 is 0 Å². The standard InChI is InChI=1S/C19H21ClFN3O3S/c1-23(2)28(26,27)13-8-9-15(20)14(12-13)19(25)22-18-16(21)6-5-7-17(18)24-10-3-4-11-24/h5-9,12H,3-4,10-11H2,1-2H3,(H,22,25). The Morgan fingerprint density at radius 1 is 1.18 bits per heavy atom. The normalized spacial score (nSPS) is 14.5. The lowest BCUT2D eigenvalue weighted by atomic mass is 10.2. The van der Waals surface area contributed by atoms with Crippen LogP contribution in [0.2, 0.25) is 5.02 Å². The highest BCUT2D eigenvalue weighted by atomic mass is 35.5. The molecule has 2 aromatic carbocycles. The molecular weight excluding hydrogens is 405 g/mol. The van der Waals surface area contributed by atoms with Crippen LogP contribution >= 0.6 is 11.6 Å². The number of carbonyl (C=O) groups excluding carboxylic acids is 1. The number of hydrogen-bond acceptors (Lipinski definition) is 4. The van der Waals surface area contributed by atoms with Crippen LogP contribution in [0.1, 0.15) is 23.2 Å². The molecule has 1 saturated heterocycles. The van der Waals surface area contributed by atoms with Crippen molar-refractivity contribution < 1.29 is 17.6 Å². The van der Waals surface area contributed by atoms with Gasteiger partial charge in [0, 0.05) is 27.2 Å². The van der Waals surface area contributed by atoms with Gasteiger partial charge in [0.25, 0.3) is 5.91 Å². The number of benzene rings is 2. The first kappa shape index (κ1) is 20.6. The van der Waals surface area contributed by atoms with Crippen molar-refractivity contribution in [1.29, 1.82) is 0 Å². The predicted molar refractivity (Wildman–Crippen MR) is 108 cm³/mol. The molecule has 9 heteroatoms. The molecule has 0 spiro atoms. The molecule has 0 saturated carbocycles. The fraction of sp³-hybridized carbons (Fsp3) is 0.316. The van der Waals surface area contributed by atoms with Crippen molar-refractivity contribution in [3.05, 3.63) is 52.8 Å². The van der Waals surface area contributed by atoms with Gasteiger partial charge in [-0.3, -0.25) is 4.79 Å². The molecule has 1 heterocycles. The molecule has 1 amide bonds. The number of halogens is 2. The molecule has 0 aliphatic carbocycles. The van der Waals surface area contributed by atoms with Crippen molar-refractivity contribution in [2.75, 3.05) is 37.4 Å². The Kier molecular flexibility index (Phi) is 5.92. The van der Waals surface area contributed by atoms with E-state index in [0.29, 0.717) is 5.69 Å². The maximum absolute atomic E-state index is 14.5. The SMILES string of the molecule is CN(C)S(=O)(=O)c1ccc(Cl)c(C(=O)Nc2c(F)cccc2N2CCCC2)c1. The number of amides is 1. The highest BCUT2D eigenvalue weighted by Gasteiger charge is 2.23. The van der Waals surface area contributed by atoms with Gasteiger partial charge in [-0.1, -0.05) is 17.7 Å². The van der Waals surface area contributed by atoms with Crippen LogP contribution in [0.4, 0.5) is 15.8 Å². The third kappa shape index (κ3) is 3.99. The van der Waals surface area contributed by atoms with E-state index < -0.39 is 21.7 Å². The molecular formula is C19H21ClFN3O3S. The lowest BCUT2D eigenvalue weighted by Gasteiger charge is -2.22. The van der Waals surface area contributed by atoms with E-state index in [9.17, 15) is 17.6 Å². The van der Waals surface area contributed by atoms with Gasteiger partial charge in [-0.15, -0.1) is 0 Å². The van der Waals surface area contributed by atoms with E-state index in [2.05, 4.69) is 5.32 Å². The number of sulfonamides is 1. The van der Waals surface area contributed by atoms with E-state index in [4.69, 9.17) is 11.6 Å². The summed E-state index contributed by atoms with van der Waals surface area (Å²) in [6.07, 6.45) is 2.00. The molecule has 150 valence electrons. The third-order valence-corrected chi connectivity index (χ3v) is 6.78. The number of nitrogens with zero attached hydrogens (tertiary/aromatic N) is 2. The second-order valence-corrected chi connectivity index (χ2v) is 9.27. The van der Waals surface area contributed by atoms with E-state index in [1.54, 1.807) is 12.1 Å². The van der Waals surface area contributed by atoms with E-state index in [-0.39, 0.29) is 21.2 Å². The summed E-state index contributed by atoms with van der Waals surface area (Å²) >= 11 is 6.12. The Balaban J connectivity index is 1.97. The molecule has 1 fully saturated rings. The topological polar surface area (TPSA) is 69.7 Å². The molecule has 6 nitrogen and oxygen atoms in total. The zero-order chi connectivity index (χ0) is 20.5. The number of anilines is 2. The summed E-state index contributed by atoms with van der Waals surface area (Å²) in [5, 5.41) is 2.65. The number of para-hydroxylation sites is 1. The Morgan fingerprint density at radius 3 is 2.50 bits per heavy atom. The molecule has 1 N–H and O–H groups in total. The minimum Gasteiger partial charge on any atom is -0.370 e. The maximum atomic E-state index is 14.5. The average molecular weight is 426 g/mol. The Bertz CT molecular complexity index is 1010. The molecule has 28 heavy (non-hydrogen) atoms. The fourth-order valence-electron chi connectivity index (χ4n) is 3.09. The minimum atomic E-state index is -3.74. The van der Waals surface area contributed by atoms with Crippen molar-refractivity contribution in [1.82, 2.24) is 4.31 Å². The zero-order valence-electron chi connectivity index (χ0n) is 15.6. The van der Waals surface area contributed by atoms with Gasteiger partial charge in [0.15, 0.2) is 0 Å². The van der Waals surface area contributed by atoms with Crippen molar-refractivity contribution in [3.8, 4) is 0 Å². The largest absolute Gasteiger partial charge is 0.370 e. The van der Waals surface area contributed by atoms with Gasteiger partial charge in [0.1, 0.15) is 11.5 Å². The summed E-state index contributed by atoms with van der Waals surface area (Å²) < 4.78 is 40.2. The summed E-state index contributed by atoms with van der Waals surface area (Å²) in [7, 11) is -0.951. The molecule has 0 aromatic heterocycles. The third-order valence-electron chi connectivity index (χ3n) is 4.64. The number of nitrogens with one attached hydrogen (secondary N) is 1. The lowest BCUT2D eigenvalue weighted by Crippen LogP contribution is -2.24. The Labute approximate surface area is 168 Å². The van der Waals surface area contributed by atoms with Crippen molar-refractivity contribution >= 4 is 38.9 Å². The number of hydrogen-bond donors (Lipinski definition) is 1. The fourth-order valence-corrected chi connectivity index (χ4v) is 4.22. The summed E-state index contributed by atoms with van der Waals surface area (Å²) in [5.41, 5.74) is 0.616. The van der Waals surface area contributed by atoms with Gasteiger partial charge in [-0.05, 0) is 43.2 Å². The molecule has 0 radical (unpaired) electrons. The van der Waals surface area contributed by atoms with Crippen LogP contribution in [0.15, 0.2) is 41.3 Å². The Hall–Kier alpha value is -2.16. The van der Waals surface area contributed by atoms with Crippen molar-refractivity contribution in [2.45, 2.75) is 17.7 Å². The smallest absolute Gasteiger partial charge is 0.257 e. The zero-order valence-corrected chi connectivity index (χ0v) is 17.1. The first-order valence-corrected chi connectivity index (χ1v) is 10.6. The van der Waals surface area contributed by atoms with E-state index in [1.807, 2.05) is 4.90 Å². The molecule has 0 unspecified atom stereocenters. The van der Waals surface area contributed by atoms with Crippen LogP contribution in [0.25, 0.3) is 0 Å². The summed E-state index contributed by atoms with van der Waals surface area (Å²) in [5.74, 6) is -1.24. The lowest BCUT2D eigenvalue weighted by molar-refractivity contribution is 0.102. The molecule has 0 atom stereocenters. The minimum absolute atomic E-state index is 0.0415. The van der Waals surface area contributed by atoms with Gasteiger partial charge in [-0.2, -0.15) is 0 Å². The molecule has 2 aromatic rings. The van der Waals surface area contributed by atoms with Crippen LogP contribution in [-0.2, 0) is 10.0 Å². The average Bonchev–Trinajstić information content (AvgIpc) is 3.17. The first-order chi connectivity index (χ1) is 13.2. The summed E-state index contributed by atoms with van der Waals surface area (Å²) in [6.45, 7) is 1.56. The second-order valence-electron chi connectivity index (χ2n) is 6.71. The van der Waals surface area contributed by atoms with Crippen LogP contribution in [0, 0.1) is 5.82 Å². The van der Waals surface area contributed by atoms with Crippen LogP contribution in [0.5, 0.6) is 0 Å². The van der Waals surface area contributed by atoms with E-state index >= 15 is 0 Å². The van der Waals surface area contributed by atoms with Crippen molar-refractivity contribution in [2.24, 2.45) is 0 Å². The van der Waals surface area contributed by atoms with Gasteiger partial charge < -0.3 is 10.2 Å². The number of rotatable bonds is 5. The predicted octanol–water partition coefficient (Wildman–Crippen LogP) is 3.58. The van der Waals surface area contributed by atoms with Gasteiger partial charge in [0.2, 0.25) is 10.0 Å². The monoisotopic (exact) mass is 425 g/mol. The second kappa shape index (κ2) is 8.06. The highest BCUT2D eigenvalue weighted by Crippen LogP contribution is 2.32. The molecule has 1 aliphatic heterocycles. The number of carbonyl (C=O) groups is 1. The van der Waals surface area contributed by atoms with E-state index in [1.165, 1.54) is 38.4 Å². The van der Waals surface area contributed by atoms with Gasteiger partial charge in [0.05, 0.1) is 21.2 Å². The van der Waals surface area contributed by atoms with Crippen LogP contribution in [-0.4, -0.2) is 45.8 Å². The summed E-state index contributed by atoms with van der Waals surface area (Å²) in [6, 6.07) is 8.48. The quantitative estimate of drug-likeness (QED) is 0.794. The summed E-state index contributed by atoms with van der Waals surface area (Å²) in [4.78, 5) is 14.8. The highest BCUT2D eigenvalue weighted by molar-refractivity contribution is 7.89. The molecule has 3 rings (SSSR count). The first-order valence-electron chi connectivity index (χ1n) is 8.78. The Morgan fingerprint density at radius 2 is 1.86 bits per heavy atom. The maximum Gasteiger partial charge on any atom is 0.257 e. The molecule has 0 bridgehead atoms. The van der Waals surface area contributed by atoms with Crippen LogP contribution in [0.3, 0.4) is 0 Å². The molecule has 1 aliphatic rings. The van der Waals surface area contributed by atoms with E-state index in [0.717, 1.165) is 30.2 Å². The van der Waals surface area contributed by atoms with Crippen molar-refractivity contribution in [3.63, 3.8) is 0 Å². The van der Waals surface area contributed by atoms with Gasteiger partial charge in [-0.25, -0.2) is 17.1 Å².